The van der Waals surface area contributed by atoms with Gasteiger partial charge in [0.15, 0.2) is 0 Å². The Bertz CT molecular complexity index is 1180. The highest BCUT2D eigenvalue weighted by molar-refractivity contribution is 7.10. The van der Waals surface area contributed by atoms with Gasteiger partial charge >= 0.3 is 0 Å². The highest BCUT2D eigenvalue weighted by atomic mass is 32.1. The molecule has 0 amide bonds. The summed E-state index contributed by atoms with van der Waals surface area (Å²) in [5.74, 6) is 0.545. The van der Waals surface area contributed by atoms with Gasteiger partial charge in [0.2, 0.25) is 0 Å². The number of phenolic OH excluding ortho intramolecular Hbond substituents is 1. The minimum atomic E-state index is -0.157. The number of aromatic nitrogens is 1. The molecule has 2 aromatic carbocycles. The summed E-state index contributed by atoms with van der Waals surface area (Å²) in [5, 5.41) is 14.7. The number of H-pyrrole nitrogens is 1. The maximum atomic E-state index is 11.3. The first-order valence-corrected chi connectivity index (χ1v) is 11.8. The Balaban J connectivity index is 2.07. The maximum absolute atomic E-state index is 11.3. The predicted molar refractivity (Wildman–Crippen MR) is 134 cm³/mol. The number of phenols is 1. The zero-order valence-electron chi connectivity index (χ0n) is 19.6. The van der Waals surface area contributed by atoms with Crippen molar-refractivity contribution in [1.82, 2.24) is 4.98 Å². The number of aromatic amines is 1. The Hall–Kier alpha value is -2.52. The Labute approximate surface area is 190 Å². The second-order valence-electron chi connectivity index (χ2n) is 10.6. The molecule has 31 heavy (non-hydrogen) atoms. The summed E-state index contributed by atoms with van der Waals surface area (Å²) in [6, 6.07) is 17.4. The van der Waals surface area contributed by atoms with E-state index < -0.39 is 0 Å². The summed E-state index contributed by atoms with van der Waals surface area (Å²) in [7, 11) is 0. The summed E-state index contributed by atoms with van der Waals surface area (Å²) in [6.07, 6.45) is 0. The van der Waals surface area contributed by atoms with Crippen LogP contribution in [0.5, 0.6) is 5.75 Å². The van der Waals surface area contributed by atoms with Crippen LogP contribution in [0.4, 0.5) is 0 Å². The Morgan fingerprint density at radius 2 is 1.48 bits per heavy atom. The van der Waals surface area contributed by atoms with Crippen LogP contribution < -0.4 is 0 Å². The largest absolute Gasteiger partial charge is 0.507 e. The molecule has 2 heterocycles. The molecule has 162 valence electrons. The van der Waals surface area contributed by atoms with E-state index in [2.05, 4.69) is 107 Å². The third kappa shape index (κ3) is 3.92. The SMILES string of the molecule is Cc1[nH]c2ccccc2c1[C@@H](c1cc(C(C)(C)C)c(O)c(C(C)(C)C)c1)c1cccs1. The van der Waals surface area contributed by atoms with E-state index in [-0.39, 0.29) is 16.7 Å². The lowest BCUT2D eigenvalue weighted by molar-refractivity contribution is 0.422. The summed E-state index contributed by atoms with van der Waals surface area (Å²) in [5.41, 5.74) is 6.63. The molecule has 0 saturated carbocycles. The number of aromatic hydroxyl groups is 1. The van der Waals surface area contributed by atoms with E-state index in [0.717, 1.165) is 11.1 Å². The molecule has 0 aliphatic heterocycles. The Morgan fingerprint density at radius 3 is 2.03 bits per heavy atom. The summed E-state index contributed by atoms with van der Waals surface area (Å²) in [6.45, 7) is 15.2. The van der Waals surface area contributed by atoms with Gasteiger partial charge in [0.1, 0.15) is 5.75 Å². The predicted octanol–water partition coefficient (Wildman–Crippen LogP) is 8.02. The normalized spacial score (nSPS) is 13.6. The van der Waals surface area contributed by atoms with E-state index in [1.54, 1.807) is 11.3 Å². The Kier molecular flexibility index (Phi) is 5.29. The van der Waals surface area contributed by atoms with Crippen LogP contribution in [-0.2, 0) is 10.8 Å². The van der Waals surface area contributed by atoms with Crippen molar-refractivity contribution in [3.63, 3.8) is 0 Å². The lowest BCUT2D eigenvalue weighted by atomic mass is 9.76. The van der Waals surface area contributed by atoms with Gasteiger partial charge in [0.25, 0.3) is 0 Å². The molecule has 4 rings (SSSR count). The van der Waals surface area contributed by atoms with Gasteiger partial charge in [-0.15, -0.1) is 11.3 Å². The number of para-hydroxylation sites is 1. The third-order valence-corrected chi connectivity index (χ3v) is 7.08. The van der Waals surface area contributed by atoms with Crippen molar-refractivity contribution in [3.05, 3.63) is 86.7 Å². The van der Waals surface area contributed by atoms with Gasteiger partial charge in [-0.2, -0.15) is 0 Å². The first kappa shape index (κ1) is 21.7. The summed E-state index contributed by atoms with van der Waals surface area (Å²) >= 11 is 1.80. The van der Waals surface area contributed by atoms with Gasteiger partial charge < -0.3 is 10.1 Å². The highest BCUT2D eigenvalue weighted by Crippen LogP contribution is 2.46. The molecular formula is C28H33NOS. The van der Waals surface area contributed by atoms with Crippen molar-refractivity contribution in [2.45, 2.75) is 65.2 Å². The van der Waals surface area contributed by atoms with E-state index in [9.17, 15) is 5.11 Å². The zero-order valence-corrected chi connectivity index (χ0v) is 20.4. The molecule has 0 unspecified atom stereocenters. The van der Waals surface area contributed by atoms with E-state index in [1.807, 2.05) is 0 Å². The number of fused-ring (bicyclic) bond motifs is 1. The topological polar surface area (TPSA) is 36.0 Å². The molecule has 0 radical (unpaired) electrons. The fraction of sp³-hybridized carbons (Fsp3) is 0.357. The number of hydrogen-bond acceptors (Lipinski definition) is 2. The monoisotopic (exact) mass is 431 g/mol. The van der Waals surface area contributed by atoms with Crippen molar-refractivity contribution >= 4 is 22.2 Å². The average Bonchev–Trinajstić information content (AvgIpc) is 3.30. The fourth-order valence-electron chi connectivity index (χ4n) is 4.57. The number of hydrogen-bond donors (Lipinski definition) is 2. The van der Waals surface area contributed by atoms with Gasteiger partial charge in [-0.25, -0.2) is 0 Å². The van der Waals surface area contributed by atoms with Crippen molar-refractivity contribution in [3.8, 4) is 5.75 Å². The second-order valence-corrected chi connectivity index (χ2v) is 11.6. The molecule has 0 fully saturated rings. The molecular weight excluding hydrogens is 398 g/mol. The number of rotatable bonds is 3. The molecule has 0 spiro atoms. The Morgan fingerprint density at radius 1 is 0.871 bits per heavy atom. The van der Waals surface area contributed by atoms with Crippen LogP contribution in [0, 0.1) is 6.92 Å². The van der Waals surface area contributed by atoms with Crippen molar-refractivity contribution < 1.29 is 5.11 Å². The van der Waals surface area contributed by atoms with E-state index in [1.165, 1.54) is 32.6 Å². The number of aryl methyl sites for hydroxylation is 1. The molecule has 0 bridgehead atoms. The number of thiophene rings is 1. The van der Waals surface area contributed by atoms with Crippen LogP contribution in [0.2, 0.25) is 0 Å². The number of nitrogens with one attached hydrogen (secondary N) is 1. The van der Waals surface area contributed by atoms with Crippen LogP contribution in [0.15, 0.2) is 53.9 Å². The van der Waals surface area contributed by atoms with Crippen LogP contribution in [0.3, 0.4) is 0 Å². The zero-order chi connectivity index (χ0) is 22.6. The standard InChI is InChI=1S/C28H33NOS/c1-17-24(19-11-8-9-12-22(19)29-17)25(23-13-10-14-31-23)18-15-20(27(2,3)4)26(30)21(16-18)28(5,6)7/h8-16,25,29-30H,1-7H3/t25-/m0/s1. The maximum Gasteiger partial charge on any atom is 0.123 e. The minimum absolute atomic E-state index is 0.110. The second kappa shape index (κ2) is 7.56. The van der Waals surface area contributed by atoms with Gasteiger partial charge in [-0.05, 0) is 57.5 Å². The molecule has 2 aromatic heterocycles. The van der Waals surface area contributed by atoms with Crippen LogP contribution in [0.1, 0.15) is 80.3 Å². The van der Waals surface area contributed by atoms with E-state index in [0.29, 0.717) is 5.75 Å². The lowest BCUT2D eigenvalue weighted by Crippen LogP contribution is -2.19. The summed E-state index contributed by atoms with van der Waals surface area (Å²) in [4.78, 5) is 4.91. The fourth-order valence-corrected chi connectivity index (χ4v) is 5.43. The van der Waals surface area contributed by atoms with Crippen LogP contribution >= 0.6 is 11.3 Å². The van der Waals surface area contributed by atoms with Gasteiger partial charge in [-0.1, -0.05) is 77.9 Å². The average molecular weight is 432 g/mol. The quantitative estimate of drug-likeness (QED) is 0.338. The molecule has 2 nitrogen and oxygen atoms in total. The number of benzene rings is 2. The van der Waals surface area contributed by atoms with Crippen molar-refractivity contribution in [2.24, 2.45) is 0 Å². The first-order chi connectivity index (χ1) is 14.5. The highest BCUT2D eigenvalue weighted by Gasteiger charge is 2.30. The molecule has 0 saturated heterocycles. The molecule has 2 N–H and O–H groups in total. The van der Waals surface area contributed by atoms with Crippen LogP contribution in [0.25, 0.3) is 10.9 Å². The molecule has 3 heteroatoms. The van der Waals surface area contributed by atoms with Gasteiger partial charge in [-0.3, -0.25) is 0 Å². The van der Waals surface area contributed by atoms with Crippen LogP contribution in [-0.4, -0.2) is 10.1 Å². The lowest BCUT2D eigenvalue weighted by Gasteiger charge is -2.30. The summed E-state index contributed by atoms with van der Waals surface area (Å²) < 4.78 is 0. The van der Waals surface area contributed by atoms with E-state index in [4.69, 9.17) is 0 Å². The molecule has 4 aromatic rings. The molecule has 0 aliphatic rings. The van der Waals surface area contributed by atoms with Gasteiger partial charge in [0, 0.05) is 27.4 Å². The first-order valence-electron chi connectivity index (χ1n) is 11.0. The molecule has 0 aliphatic carbocycles. The van der Waals surface area contributed by atoms with Crippen molar-refractivity contribution in [2.75, 3.05) is 0 Å². The van der Waals surface area contributed by atoms with E-state index >= 15 is 0 Å². The molecule has 1 atom stereocenters. The third-order valence-electron chi connectivity index (χ3n) is 6.14. The van der Waals surface area contributed by atoms with Crippen molar-refractivity contribution in [1.29, 1.82) is 0 Å². The van der Waals surface area contributed by atoms with Gasteiger partial charge in [0.05, 0.1) is 0 Å². The minimum Gasteiger partial charge on any atom is -0.507 e. The smallest absolute Gasteiger partial charge is 0.123 e.